The average Bonchev–Trinajstić information content (AvgIpc) is 2.47. The first kappa shape index (κ1) is 7.21. The Morgan fingerprint density at radius 3 is 3.00 bits per heavy atom. The fourth-order valence-corrected chi connectivity index (χ4v) is 1.55. The first-order valence-electron chi connectivity index (χ1n) is 3.89. The highest BCUT2D eigenvalue weighted by molar-refractivity contribution is 5.67. The molecule has 1 amide bonds. The summed E-state index contributed by atoms with van der Waals surface area (Å²) in [6.45, 7) is 0.810. The lowest BCUT2D eigenvalue weighted by molar-refractivity contribution is 0.118. The molecule has 0 aliphatic carbocycles. The van der Waals surface area contributed by atoms with E-state index < -0.39 is 6.09 Å². The van der Waals surface area contributed by atoms with Gasteiger partial charge in [-0.2, -0.15) is 0 Å². The number of amides is 1. The van der Waals surface area contributed by atoms with Crippen LogP contribution < -0.4 is 0 Å². The molecule has 0 saturated heterocycles. The van der Waals surface area contributed by atoms with Gasteiger partial charge in [-0.05, 0) is 0 Å². The summed E-state index contributed by atoms with van der Waals surface area (Å²) in [4.78, 5) is 14.0. The molecule has 1 atom stereocenters. The van der Waals surface area contributed by atoms with Crippen LogP contribution in [0.25, 0.3) is 0 Å². The lowest BCUT2D eigenvalue weighted by Gasteiger charge is -2.30. The van der Waals surface area contributed by atoms with Crippen molar-refractivity contribution in [1.82, 2.24) is 9.80 Å². The van der Waals surface area contributed by atoms with Crippen molar-refractivity contribution in [2.24, 2.45) is 0 Å². The zero-order valence-electron chi connectivity index (χ0n) is 6.55. The Bertz CT molecular complexity index is 260. The van der Waals surface area contributed by atoms with Crippen LogP contribution in [0.3, 0.4) is 0 Å². The van der Waals surface area contributed by atoms with Gasteiger partial charge in [-0.25, -0.2) is 4.79 Å². The number of carboxylic acid groups (broad SMARTS) is 1. The highest BCUT2D eigenvalue weighted by Gasteiger charge is 2.30. The molecular weight excluding hydrogens is 156 g/mol. The third-order valence-electron chi connectivity index (χ3n) is 2.17. The summed E-state index contributed by atoms with van der Waals surface area (Å²) in [6, 6.07) is 0. The van der Waals surface area contributed by atoms with Gasteiger partial charge >= 0.3 is 6.09 Å². The van der Waals surface area contributed by atoms with Crippen molar-refractivity contribution >= 4 is 6.09 Å². The molecule has 0 saturated carbocycles. The number of rotatable bonds is 0. The van der Waals surface area contributed by atoms with Gasteiger partial charge in [0.1, 0.15) is 6.17 Å². The number of fused-ring (bicyclic) bond motifs is 1. The van der Waals surface area contributed by atoms with E-state index in [1.54, 1.807) is 6.20 Å². The zero-order valence-corrected chi connectivity index (χ0v) is 6.55. The lowest BCUT2D eigenvalue weighted by Crippen LogP contribution is -2.42. The highest BCUT2D eigenvalue weighted by Crippen LogP contribution is 2.21. The maximum absolute atomic E-state index is 10.7. The molecule has 0 fully saturated rings. The third kappa shape index (κ3) is 0.958. The fourth-order valence-electron chi connectivity index (χ4n) is 1.55. The zero-order chi connectivity index (χ0) is 8.55. The molecule has 0 spiro atoms. The molecule has 0 aromatic rings. The van der Waals surface area contributed by atoms with Crippen molar-refractivity contribution in [2.45, 2.75) is 12.6 Å². The summed E-state index contributed by atoms with van der Waals surface area (Å²) in [5.74, 6) is 0. The molecular formula is C8H10N2O2. The first-order chi connectivity index (χ1) is 5.79. The number of hydrogen-bond donors (Lipinski definition) is 1. The molecule has 0 bridgehead atoms. The summed E-state index contributed by atoms with van der Waals surface area (Å²) in [5, 5.41) is 8.78. The van der Waals surface area contributed by atoms with Crippen molar-refractivity contribution in [1.29, 1.82) is 0 Å². The lowest BCUT2D eigenvalue weighted by atomic mass is 10.2. The maximum Gasteiger partial charge on any atom is 0.413 e. The minimum atomic E-state index is -0.881. The van der Waals surface area contributed by atoms with Crippen molar-refractivity contribution in [3.8, 4) is 0 Å². The van der Waals surface area contributed by atoms with Crippen LogP contribution >= 0.6 is 0 Å². The van der Waals surface area contributed by atoms with E-state index in [4.69, 9.17) is 5.11 Å². The number of carbonyl (C=O) groups is 1. The van der Waals surface area contributed by atoms with E-state index in [1.807, 2.05) is 23.3 Å². The summed E-state index contributed by atoms with van der Waals surface area (Å²) < 4.78 is 0. The second-order valence-corrected chi connectivity index (χ2v) is 2.87. The van der Waals surface area contributed by atoms with E-state index in [0.29, 0.717) is 0 Å². The van der Waals surface area contributed by atoms with Crippen LogP contribution in [0.2, 0.25) is 0 Å². The van der Waals surface area contributed by atoms with Gasteiger partial charge in [0, 0.05) is 25.4 Å². The molecule has 2 aliphatic rings. The normalized spacial score (nSPS) is 26.2. The predicted octanol–water partition coefficient (Wildman–Crippen LogP) is 1.04. The van der Waals surface area contributed by atoms with Gasteiger partial charge in [0.25, 0.3) is 0 Å². The van der Waals surface area contributed by atoms with Crippen LogP contribution in [0.5, 0.6) is 0 Å². The molecule has 64 valence electrons. The van der Waals surface area contributed by atoms with Crippen molar-refractivity contribution in [2.75, 3.05) is 6.54 Å². The Kier molecular flexibility index (Phi) is 1.53. The maximum atomic E-state index is 10.7. The standard InChI is InChI=1S/C8H10N2O2/c11-8(12)10-6-5-9-4-2-1-3-7(9)10/h1-2,5-7H,3-4H2,(H,11,12). The molecule has 2 rings (SSSR count). The van der Waals surface area contributed by atoms with Gasteiger partial charge < -0.3 is 10.0 Å². The SMILES string of the molecule is O=C(O)N1C=CN2CC=CCC21. The van der Waals surface area contributed by atoms with E-state index in [9.17, 15) is 4.79 Å². The molecule has 2 aliphatic heterocycles. The summed E-state index contributed by atoms with van der Waals surface area (Å²) in [5.41, 5.74) is 0. The minimum Gasteiger partial charge on any atom is -0.465 e. The van der Waals surface area contributed by atoms with Crippen LogP contribution in [0.1, 0.15) is 6.42 Å². The molecule has 0 aromatic heterocycles. The Balaban J connectivity index is 2.17. The van der Waals surface area contributed by atoms with Crippen molar-refractivity contribution in [3.63, 3.8) is 0 Å². The fraction of sp³-hybridized carbons (Fsp3) is 0.375. The first-order valence-corrected chi connectivity index (χ1v) is 3.89. The highest BCUT2D eigenvalue weighted by atomic mass is 16.4. The Morgan fingerprint density at radius 1 is 1.42 bits per heavy atom. The Morgan fingerprint density at radius 2 is 2.25 bits per heavy atom. The van der Waals surface area contributed by atoms with Crippen molar-refractivity contribution < 1.29 is 9.90 Å². The van der Waals surface area contributed by atoms with Crippen LogP contribution in [-0.2, 0) is 0 Å². The van der Waals surface area contributed by atoms with Crippen LogP contribution in [0.15, 0.2) is 24.6 Å². The third-order valence-corrected chi connectivity index (χ3v) is 2.17. The Hall–Kier alpha value is -1.45. The van der Waals surface area contributed by atoms with E-state index in [1.165, 1.54) is 4.90 Å². The Labute approximate surface area is 70.4 Å². The van der Waals surface area contributed by atoms with Gasteiger partial charge in [-0.3, -0.25) is 4.90 Å². The van der Waals surface area contributed by atoms with Gasteiger partial charge in [-0.1, -0.05) is 12.2 Å². The largest absolute Gasteiger partial charge is 0.465 e. The second-order valence-electron chi connectivity index (χ2n) is 2.87. The topological polar surface area (TPSA) is 43.8 Å². The van der Waals surface area contributed by atoms with E-state index in [-0.39, 0.29) is 6.17 Å². The van der Waals surface area contributed by atoms with Gasteiger partial charge in [-0.15, -0.1) is 0 Å². The summed E-state index contributed by atoms with van der Waals surface area (Å²) >= 11 is 0. The molecule has 4 heteroatoms. The van der Waals surface area contributed by atoms with E-state index in [0.717, 1.165) is 13.0 Å². The minimum absolute atomic E-state index is 0.00694. The molecule has 1 unspecified atom stereocenters. The van der Waals surface area contributed by atoms with E-state index >= 15 is 0 Å². The van der Waals surface area contributed by atoms with Gasteiger partial charge in [0.05, 0.1) is 0 Å². The summed E-state index contributed by atoms with van der Waals surface area (Å²) in [7, 11) is 0. The molecule has 12 heavy (non-hydrogen) atoms. The summed E-state index contributed by atoms with van der Waals surface area (Å²) in [6.07, 6.45) is 7.39. The van der Waals surface area contributed by atoms with E-state index in [2.05, 4.69) is 0 Å². The van der Waals surface area contributed by atoms with Crippen LogP contribution in [0, 0.1) is 0 Å². The van der Waals surface area contributed by atoms with Gasteiger partial charge in [0.15, 0.2) is 0 Å². The van der Waals surface area contributed by atoms with Crippen LogP contribution in [0.4, 0.5) is 4.79 Å². The number of nitrogens with zero attached hydrogens (tertiary/aromatic N) is 2. The molecule has 2 heterocycles. The predicted molar refractivity (Wildman–Crippen MR) is 43.3 cm³/mol. The monoisotopic (exact) mass is 166 g/mol. The molecule has 0 radical (unpaired) electrons. The smallest absolute Gasteiger partial charge is 0.413 e. The molecule has 0 aromatic carbocycles. The number of hydrogen-bond acceptors (Lipinski definition) is 2. The average molecular weight is 166 g/mol. The van der Waals surface area contributed by atoms with Crippen molar-refractivity contribution in [3.05, 3.63) is 24.6 Å². The second kappa shape index (κ2) is 2.55. The molecule has 4 nitrogen and oxygen atoms in total. The quantitative estimate of drug-likeness (QED) is 0.547. The van der Waals surface area contributed by atoms with Crippen LogP contribution in [-0.4, -0.2) is 33.7 Å². The van der Waals surface area contributed by atoms with Gasteiger partial charge in [0.2, 0.25) is 0 Å². The molecule has 1 N–H and O–H groups in total.